The summed E-state index contributed by atoms with van der Waals surface area (Å²) in [7, 11) is 0. The van der Waals surface area contributed by atoms with E-state index in [1.807, 2.05) is 6.07 Å². The van der Waals surface area contributed by atoms with Gasteiger partial charge in [0.05, 0.1) is 0 Å². The van der Waals surface area contributed by atoms with Crippen LogP contribution >= 0.6 is 11.6 Å². The summed E-state index contributed by atoms with van der Waals surface area (Å²) in [5.41, 5.74) is 1.40. The summed E-state index contributed by atoms with van der Waals surface area (Å²) in [6.45, 7) is 5.78. The van der Waals surface area contributed by atoms with E-state index in [0.717, 1.165) is 10.9 Å². The highest BCUT2D eigenvalue weighted by atomic mass is 35.5. The molecule has 1 N–H and O–H groups in total. The highest BCUT2D eigenvalue weighted by molar-refractivity contribution is 6.30. The number of hydrogen-bond donors (Lipinski definition) is 1. The van der Waals surface area contributed by atoms with Crippen molar-refractivity contribution < 1.29 is 0 Å². The van der Waals surface area contributed by atoms with E-state index in [0.29, 0.717) is 12.0 Å². The summed E-state index contributed by atoms with van der Waals surface area (Å²) >= 11 is 6.14. The molecule has 1 aromatic rings. The van der Waals surface area contributed by atoms with Crippen LogP contribution < -0.4 is 5.32 Å². The largest absolute Gasteiger partial charge is 0.313 e. The summed E-state index contributed by atoms with van der Waals surface area (Å²) in [5.74, 6) is 1.32. The third kappa shape index (κ3) is 3.73. The molecule has 1 fully saturated rings. The van der Waals surface area contributed by atoms with Crippen LogP contribution in [0.25, 0.3) is 0 Å². The molecular weight excluding hydrogens is 242 g/mol. The van der Waals surface area contributed by atoms with E-state index in [1.165, 1.54) is 37.8 Å². The summed E-state index contributed by atoms with van der Waals surface area (Å²) in [4.78, 5) is 0. The molecule has 0 amide bonds. The Bertz CT molecular complexity index is 369. The first-order valence-corrected chi connectivity index (χ1v) is 7.53. The zero-order valence-electron chi connectivity index (χ0n) is 11.5. The van der Waals surface area contributed by atoms with E-state index in [9.17, 15) is 0 Å². The number of piperidine rings is 1. The van der Waals surface area contributed by atoms with E-state index in [1.54, 1.807) is 0 Å². The summed E-state index contributed by atoms with van der Waals surface area (Å²) < 4.78 is 0. The number of rotatable bonds is 4. The van der Waals surface area contributed by atoms with Crippen LogP contribution in [0.2, 0.25) is 5.02 Å². The maximum absolute atomic E-state index is 6.14. The maximum Gasteiger partial charge on any atom is 0.0408 e. The van der Waals surface area contributed by atoms with Gasteiger partial charge in [0.1, 0.15) is 0 Å². The average Bonchev–Trinajstić information content (AvgIpc) is 2.37. The normalized spacial score (nSPS) is 22.1. The molecule has 1 saturated heterocycles. The van der Waals surface area contributed by atoms with Gasteiger partial charge in [-0.05, 0) is 55.3 Å². The van der Waals surface area contributed by atoms with E-state index in [-0.39, 0.29) is 0 Å². The van der Waals surface area contributed by atoms with Crippen molar-refractivity contribution in [2.24, 2.45) is 5.92 Å². The van der Waals surface area contributed by atoms with Crippen molar-refractivity contribution in [2.75, 3.05) is 6.54 Å². The first-order chi connectivity index (χ1) is 8.66. The van der Waals surface area contributed by atoms with Crippen LogP contribution in [0.3, 0.4) is 0 Å². The molecule has 0 spiro atoms. The fourth-order valence-corrected chi connectivity index (χ4v) is 3.20. The minimum atomic E-state index is 0.601. The van der Waals surface area contributed by atoms with Crippen molar-refractivity contribution in [3.8, 4) is 0 Å². The van der Waals surface area contributed by atoms with E-state index >= 15 is 0 Å². The Hall–Kier alpha value is -0.530. The lowest BCUT2D eigenvalue weighted by atomic mass is 9.81. The molecule has 0 bridgehead atoms. The predicted octanol–water partition coefficient (Wildman–Crippen LogP) is 4.61. The van der Waals surface area contributed by atoms with Crippen LogP contribution in [-0.4, -0.2) is 12.6 Å². The second-order valence-corrected chi connectivity index (χ2v) is 6.28. The fourth-order valence-electron chi connectivity index (χ4n) is 3.00. The van der Waals surface area contributed by atoms with Crippen molar-refractivity contribution in [3.63, 3.8) is 0 Å². The van der Waals surface area contributed by atoms with Crippen LogP contribution in [0.15, 0.2) is 24.3 Å². The Balaban J connectivity index is 2.18. The van der Waals surface area contributed by atoms with Crippen LogP contribution in [0, 0.1) is 5.92 Å². The van der Waals surface area contributed by atoms with Crippen LogP contribution in [0.4, 0.5) is 0 Å². The van der Waals surface area contributed by atoms with Crippen LogP contribution in [0.5, 0.6) is 0 Å². The lowest BCUT2D eigenvalue weighted by molar-refractivity contribution is 0.318. The smallest absolute Gasteiger partial charge is 0.0408 e. The lowest BCUT2D eigenvalue weighted by Gasteiger charge is -2.33. The van der Waals surface area contributed by atoms with Gasteiger partial charge in [-0.3, -0.25) is 0 Å². The van der Waals surface area contributed by atoms with Crippen molar-refractivity contribution in [1.82, 2.24) is 5.32 Å². The SMILES string of the molecule is CC(C)C[C@@H](c1cccc(Cl)c1)[C@H]1CCCCN1. The average molecular weight is 266 g/mol. The van der Waals surface area contributed by atoms with E-state index < -0.39 is 0 Å². The monoisotopic (exact) mass is 265 g/mol. The number of benzene rings is 1. The molecular formula is C16H24ClN. The zero-order chi connectivity index (χ0) is 13.0. The highest BCUT2D eigenvalue weighted by Gasteiger charge is 2.25. The van der Waals surface area contributed by atoms with Gasteiger partial charge in [0.15, 0.2) is 0 Å². The zero-order valence-corrected chi connectivity index (χ0v) is 12.2. The van der Waals surface area contributed by atoms with Crippen LogP contribution in [0.1, 0.15) is 51.0 Å². The van der Waals surface area contributed by atoms with Gasteiger partial charge in [-0.2, -0.15) is 0 Å². The molecule has 0 aliphatic carbocycles. The first-order valence-electron chi connectivity index (χ1n) is 7.15. The minimum Gasteiger partial charge on any atom is -0.313 e. The number of halogens is 1. The summed E-state index contributed by atoms with van der Waals surface area (Å²) in [5, 5.41) is 4.56. The van der Waals surface area contributed by atoms with Gasteiger partial charge in [0.2, 0.25) is 0 Å². The van der Waals surface area contributed by atoms with Crippen molar-refractivity contribution in [3.05, 3.63) is 34.9 Å². The maximum atomic E-state index is 6.14. The standard InChI is InChI=1S/C16H24ClN/c1-12(2)10-15(16-8-3-4-9-18-16)13-6-5-7-14(17)11-13/h5-7,11-12,15-16,18H,3-4,8-10H2,1-2H3/t15-,16+/m0/s1. The van der Waals surface area contributed by atoms with Crippen molar-refractivity contribution in [2.45, 2.75) is 51.5 Å². The number of nitrogens with one attached hydrogen (secondary N) is 1. The predicted molar refractivity (Wildman–Crippen MR) is 79.3 cm³/mol. The Morgan fingerprint density at radius 3 is 2.78 bits per heavy atom. The second-order valence-electron chi connectivity index (χ2n) is 5.85. The second kappa shape index (κ2) is 6.58. The summed E-state index contributed by atoms with van der Waals surface area (Å²) in [6.07, 6.45) is 5.20. The quantitative estimate of drug-likeness (QED) is 0.838. The van der Waals surface area contributed by atoms with Gasteiger partial charge >= 0.3 is 0 Å². The Labute approximate surface area is 116 Å². The third-order valence-electron chi connectivity index (χ3n) is 3.84. The molecule has 0 radical (unpaired) electrons. The van der Waals surface area contributed by atoms with Crippen molar-refractivity contribution >= 4 is 11.6 Å². The van der Waals surface area contributed by atoms with Gasteiger partial charge in [-0.15, -0.1) is 0 Å². The minimum absolute atomic E-state index is 0.601. The molecule has 1 aromatic carbocycles. The lowest BCUT2D eigenvalue weighted by Crippen LogP contribution is -2.39. The molecule has 2 rings (SSSR count). The molecule has 1 nitrogen and oxygen atoms in total. The Morgan fingerprint density at radius 2 is 2.17 bits per heavy atom. The van der Waals surface area contributed by atoms with E-state index in [2.05, 4.69) is 37.4 Å². The molecule has 1 heterocycles. The molecule has 100 valence electrons. The molecule has 18 heavy (non-hydrogen) atoms. The molecule has 0 saturated carbocycles. The molecule has 0 unspecified atom stereocenters. The highest BCUT2D eigenvalue weighted by Crippen LogP contribution is 2.32. The topological polar surface area (TPSA) is 12.0 Å². The molecule has 2 atom stereocenters. The molecule has 0 aromatic heterocycles. The fraction of sp³-hybridized carbons (Fsp3) is 0.625. The number of hydrogen-bond acceptors (Lipinski definition) is 1. The van der Waals surface area contributed by atoms with Gasteiger partial charge in [-0.25, -0.2) is 0 Å². The molecule has 1 aliphatic heterocycles. The molecule has 2 heteroatoms. The Morgan fingerprint density at radius 1 is 1.33 bits per heavy atom. The van der Waals surface area contributed by atoms with Gasteiger partial charge in [-0.1, -0.05) is 44.0 Å². The summed E-state index contributed by atoms with van der Waals surface area (Å²) in [6, 6.07) is 9.04. The Kier molecular flexibility index (Phi) is 5.08. The van der Waals surface area contributed by atoms with Crippen molar-refractivity contribution in [1.29, 1.82) is 0 Å². The van der Waals surface area contributed by atoms with Gasteiger partial charge in [0, 0.05) is 11.1 Å². The van der Waals surface area contributed by atoms with E-state index in [4.69, 9.17) is 11.6 Å². The van der Waals surface area contributed by atoms with Gasteiger partial charge in [0.25, 0.3) is 0 Å². The first kappa shape index (κ1) is 13.9. The van der Waals surface area contributed by atoms with Crippen LogP contribution in [-0.2, 0) is 0 Å². The van der Waals surface area contributed by atoms with Gasteiger partial charge < -0.3 is 5.32 Å². The third-order valence-corrected chi connectivity index (χ3v) is 4.07. The molecule has 1 aliphatic rings.